The standard InChI is InChI=1S/C10H14BrNO/c1-2-10(13)7-12-9-5-3-4-8(11)6-9/h3-6,10,12-13H,2,7H2,1H3/t10-/m1/s1. The Labute approximate surface area is 87.1 Å². The lowest BCUT2D eigenvalue weighted by Gasteiger charge is -2.10. The molecule has 0 bridgehead atoms. The highest BCUT2D eigenvalue weighted by atomic mass is 79.9. The fourth-order valence-electron chi connectivity index (χ4n) is 0.978. The predicted molar refractivity (Wildman–Crippen MR) is 58.9 cm³/mol. The van der Waals surface area contributed by atoms with E-state index in [4.69, 9.17) is 0 Å². The van der Waals surface area contributed by atoms with Gasteiger partial charge in [0.05, 0.1) is 6.10 Å². The molecule has 0 aliphatic heterocycles. The van der Waals surface area contributed by atoms with Gasteiger partial charge in [-0.2, -0.15) is 0 Å². The molecule has 2 nitrogen and oxygen atoms in total. The molecule has 0 amide bonds. The van der Waals surface area contributed by atoms with Gasteiger partial charge in [0.1, 0.15) is 0 Å². The molecule has 1 rings (SSSR count). The predicted octanol–water partition coefficient (Wildman–Crippen LogP) is 2.63. The first-order chi connectivity index (χ1) is 6.22. The molecule has 3 heteroatoms. The van der Waals surface area contributed by atoms with Gasteiger partial charge in [0.25, 0.3) is 0 Å². The highest BCUT2D eigenvalue weighted by molar-refractivity contribution is 9.10. The van der Waals surface area contributed by atoms with E-state index in [-0.39, 0.29) is 6.10 Å². The van der Waals surface area contributed by atoms with Crippen molar-refractivity contribution in [3.63, 3.8) is 0 Å². The molecular weight excluding hydrogens is 230 g/mol. The maximum Gasteiger partial charge on any atom is 0.0709 e. The summed E-state index contributed by atoms with van der Waals surface area (Å²) in [6.07, 6.45) is 0.514. The topological polar surface area (TPSA) is 32.3 Å². The smallest absolute Gasteiger partial charge is 0.0709 e. The van der Waals surface area contributed by atoms with Crippen LogP contribution in [0.1, 0.15) is 13.3 Å². The Morgan fingerprint density at radius 3 is 2.92 bits per heavy atom. The van der Waals surface area contributed by atoms with Crippen molar-refractivity contribution in [2.75, 3.05) is 11.9 Å². The van der Waals surface area contributed by atoms with E-state index >= 15 is 0 Å². The summed E-state index contributed by atoms with van der Waals surface area (Å²) in [6.45, 7) is 2.57. The Bertz CT molecular complexity index is 265. The van der Waals surface area contributed by atoms with Crippen LogP contribution in [0.4, 0.5) is 5.69 Å². The lowest BCUT2D eigenvalue weighted by Crippen LogP contribution is -2.17. The number of benzene rings is 1. The van der Waals surface area contributed by atoms with Crippen LogP contribution in [-0.2, 0) is 0 Å². The van der Waals surface area contributed by atoms with Crippen molar-refractivity contribution in [3.05, 3.63) is 28.7 Å². The van der Waals surface area contributed by atoms with Crippen molar-refractivity contribution in [1.82, 2.24) is 0 Å². The summed E-state index contributed by atoms with van der Waals surface area (Å²) in [5.74, 6) is 0. The van der Waals surface area contributed by atoms with E-state index in [1.165, 1.54) is 0 Å². The third-order valence-corrected chi connectivity index (χ3v) is 2.33. The molecule has 2 N–H and O–H groups in total. The van der Waals surface area contributed by atoms with Crippen molar-refractivity contribution in [2.45, 2.75) is 19.4 Å². The summed E-state index contributed by atoms with van der Waals surface area (Å²) < 4.78 is 1.04. The SMILES string of the molecule is CC[C@@H](O)CNc1cccc(Br)c1. The van der Waals surface area contributed by atoms with E-state index in [1.807, 2.05) is 31.2 Å². The van der Waals surface area contributed by atoms with E-state index in [9.17, 15) is 5.11 Å². The molecule has 13 heavy (non-hydrogen) atoms. The molecule has 1 aromatic carbocycles. The van der Waals surface area contributed by atoms with Crippen LogP contribution in [0, 0.1) is 0 Å². The maximum atomic E-state index is 9.31. The summed E-state index contributed by atoms with van der Waals surface area (Å²) in [4.78, 5) is 0. The lowest BCUT2D eigenvalue weighted by atomic mass is 10.2. The first kappa shape index (κ1) is 10.5. The van der Waals surface area contributed by atoms with Crippen LogP contribution in [-0.4, -0.2) is 17.8 Å². The average Bonchev–Trinajstić information content (AvgIpc) is 2.14. The monoisotopic (exact) mass is 243 g/mol. The molecule has 0 saturated carbocycles. The average molecular weight is 244 g/mol. The number of hydrogen-bond donors (Lipinski definition) is 2. The van der Waals surface area contributed by atoms with Crippen molar-refractivity contribution in [2.24, 2.45) is 0 Å². The second-order valence-electron chi connectivity index (χ2n) is 2.95. The molecule has 0 unspecified atom stereocenters. The first-order valence-electron chi connectivity index (χ1n) is 4.40. The van der Waals surface area contributed by atoms with Crippen LogP contribution in [0.5, 0.6) is 0 Å². The van der Waals surface area contributed by atoms with Gasteiger partial charge in [0.15, 0.2) is 0 Å². The van der Waals surface area contributed by atoms with E-state index in [1.54, 1.807) is 0 Å². The third kappa shape index (κ3) is 3.79. The van der Waals surface area contributed by atoms with Gasteiger partial charge in [-0.05, 0) is 24.6 Å². The van der Waals surface area contributed by atoms with Crippen LogP contribution >= 0.6 is 15.9 Å². The van der Waals surface area contributed by atoms with Gasteiger partial charge in [-0.1, -0.05) is 28.9 Å². The normalized spacial score (nSPS) is 12.5. The highest BCUT2D eigenvalue weighted by Crippen LogP contribution is 2.15. The highest BCUT2D eigenvalue weighted by Gasteiger charge is 1.99. The molecule has 0 radical (unpaired) electrons. The van der Waals surface area contributed by atoms with E-state index < -0.39 is 0 Å². The van der Waals surface area contributed by atoms with Gasteiger partial charge in [0, 0.05) is 16.7 Å². The zero-order chi connectivity index (χ0) is 9.68. The Morgan fingerprint density at radius 1 is 1.54 bits per heavy atom. The number of nitrogens with one attached hydrogen (secondary N) is 1. The molecule has 1 atom stereocenters. The zero-order valence-electron chi connectivity index (χ0n) is 7.63. The number of hydrogen-bond acceptors (Lipinski definition) is 2. The van der Waals surface area contributed by atoms with Crippen LogP contribution in [0.3, 0.4) is 0 Å². The number of rotatable bonds is 4. The summed E-state index contributed by atoms with van der Waals surface area (Å²) in [6, 6.07) is 7.90. The van der Waals surface area contributed by atoms with Crippen LogP contribution in [0.25, 0.3) is 0 Å². The second kappa shape index (κ2) is 5.25. The number of aliphatic hydroxyl groups is 1. The molecule has 0 aliphatic carbocycles. The fraction of sp³-hybridized carbons (Fsp3) is 0.400. The Morgan fingerprint density at radius 2 is 2.31 bits per heavy atom. The maximum absolute atomic E-state index is 9.31. The van der Waals surface area contributed by atoms with Crippen LogP contribution in [0.2, 0.25) is 0 Å². The molecule has 72 valence electrons. The van der Waals surface area contributed by atoms with E-state index in [0.717, 1.165) is 16.6 Å². The molecule has 1 aromatic rings. The molecule has 0 spiro atoms. The summed E-state index contributed by atoms with van der Waals surface area (Å²) in [7, 11) is 0. The largest absolute Gasteiger partial charge is 0.391 e. The first-order valence-corrected chi connectivity index (χ1v) is 5.19. The van der Waals surface area contributed by atoms with Gasteiger partial charge in [-0.25, -0.2) is 0 Å². The second-order valence-corrected chi connectivity index (χ2v) is 3.87. The fourth-order valence-corrected chi connectivity index (χ4v) is 1.38. The molecular formula is C10H14BrNO. The zero-order valence-corrected chi connectivity index (χ0v) is 9.21. The van der Waals surface area contributed by atoms with Gasteiger partial charge in [-0.3, -0.25) is 0 Å². The third-order valence-electron chi connectivity index (χ3n) is 1.84. The van der Waals surface area contributed by atoms with Crippen LogP contribution in [0.15, 0.2) is 28.7 Å². The quantitative estimate of drug-likeness (QED) is 0.853. The Balaban J connectivity index is 2.45. The van der Waals surface area contributed by atoms with Crippen molar-refractivity contribution in [3.8, 4) is 0 Å². The summed E-state index contributed by atoms with van der Waals surface area (Å²) in [5, 5.41) is 12.5. The van der Waals surface area contributed by atoms with Gasteiger partial charge in [-0.15, -0.1) is 0 Å². The minimum Gasteiger partial charge on any atom is -0.391 e. The van der Waals surface area contributed by atoms with Crippen molar-refractivity contribution < 1.29 is 5.11 Å². The van der Waals surface area contributed by atoms with Crippen molar-refractivity contribution in [1.29, 1.82) is 0 Å². The van der Waals surface area contributed by atoms with Gasteiger partial charge >= 0.3 is 0 Å². The van der Waals surface area contributed by atoms with E-state index in [0.29, 0.717) is 6.54 Å². The summed E-state index contributed by atoms with van der Waals surface area (Å²) in [5.41, 5.74) is 1.03. The minimum atomic E-state index is -0.265. The minimum absolute atomic E-state index is 0.265. The van der Waals surface area contributed by atoms with E-state index in [2.05, 4.69) is 21.2 Å². The molecule has 0 fully saturated rings. The Kier molecular flexibility index (Phi) is 4.25. The number of halogens is 1. The lowest BCUT2D eigenvalue weighted by molar-refractivity contribution is 0.183. The molecule has 0 aliphatic rings. The summed E-state index contributed by atoms with van der Waals surface area (Å²) >= 11 is 3.38. The van der Waals surface area contributed by atoms with Gasteiger partial charge < -0.3 is 10.4 Å². The number of anilines is 1. The van der Waals surface area contributed by atoms with Crippen molar-refractivity contribution >= 4 is 21.6 Å². The van der Waals surface area contributed by atoms with Gasteiger partial charge in [0.2, 0.25) is 0 Å². The van der Waals surface area contributed by atoms with Crippen LogP contribution < -0.4 is 5.32 Å². The number of aliphatic hydroxyl groups excluding tert-OH is 1. The Hall–Kier alpha value is -0.540. The molecule has 0 aromatic heterocycles. The molecule has 0 saturated heterocycles. The molecule has 0 heterocycles.